The highest BCUT2D eigenvalue weighted by Crippen LogP contribution is 2.35. The van der Waals surface area contributed by atoms with Crippen LogP contribution in [0.4, 0.5) is 0 Å². The van der Waals surface area contributed by atoms with Gasteiger partial charge in [0.1, 0.15) is 0 Å². The zero-order valence-corrected chi connectivity index (χ0v) is 24.8. The Balaban J connectivity index is 0.983. The number of rotatable bonds is 4. The van der Waals surface area contributed by atoms with Crippen molar-refractivity contribution < 1.29 is 0 Å². The van der Waals surface area contributed by atoms with E-state index < -0.39 is 0 Å². The van der Waals surface area contributed by atoms with Crippen LogP contribution in [0.2, 0.25) is 0 Å². The summed E-state index contributed by atoms with van der Waals surface area (Å²) in [5.74, 6) is 0.705. The van der Waals surface area contributed by atoms with Crippen LogP contribution in [0.1, 0.15) is 0 Å². The fraction of sp³-hybridized carbons (Fsp3) is 0. The largest absolute Gasteiger partial charge is 0.254 e. The molecule has 9 aromatic rings. The Hall–Kier alpha value is -6.26. The summed E-state index contributed by atoms with van der Waals surface area (Å²) in [4.78, 5) is 19.0. The van der Waals surface area contributed by atoms with E-state index in [9.17, 15) is 0 Å². The molecule has 0 amide bonds. The van der Waals surface area contributed by atoms with Gasteiger partial charge in [0.25, 0.3) is 0 Å². The highest BCUT2D eigenvalue weighted by molar-refractivity contribution is 6.13. The molecular formula is C42H26N4. The summed E-state index contributed by atoms with van der Waals surface area (Å²) in [5, 5.41) is 7.21. The number of fused-ring (bicyclic) bond motifs is 6. The van der Waals surface area contributed by atoms with Crippen LogP contribution in [0.3, 0.4) is 0 Å². The molecule has 0 bridgehead atoms. The second-order valence-corrected chi connectivity index (χ2v) is 11.5. The number of hydrogen-bond acceptors (Lipinski definition) is 4. The van der Waals surface area contributed by atoms with Gasteiger partial charge in [-0.2, -0.15) is 0 Å². The Bertz CT molecular complexity index is 2550. The average molecular weight is 587 g/mol. The van der Waals surface area contributed by atoms with E-state index in [1.165, 1.54) is 32.7 Å². The first-order chi connectivity index (χ1) is 22.8. The van der Waals surface area contributed by atoms with Gasteiger partial charge in [-0.3, -0.25) is 4.98 Å². The molecule has 0 saturated carbocycles. The molecule has 3 aromatic heterocycles. The molecule has 0 unspecified atom stereocenters. The predicted octanol–water partition coefficient (Wildman–Crippen LogP) is 10.5. The third-order valence-electron chi connectivity index (χ3n) is 8.82. The van der Waals surface area contributed by atoms with Gasteiger partial charge in [0.2, 0.25) is 0 Å². The maximum Gasteiger partial charge on any atom is 0.159 e. The quantitative estimate of drug-likeness (QED) is 0.193. The standard InChI is InChI=1S/C42H26N4/c1-2-8-35-33(6-1)24-38(37-10-4-3-9-36(35)37)28-13-19-32(20-14-28)42-44-25-34(26-45-42)27-11-15-29(16-12-27)39-22-21-31-18-17-30-7-5-23-43-40(30)41(31)46-39/h1-26H. The molecule has 4 heteroatoms. The minimum absolute atomic E-state index is 0.705. The fourth-order valence-electron chi connectivity index (χ4n) is 6.44. The van der Waals surface area contributed by atoms with Crippen molar-refractivity contribution in [2.75, 3.05) is 0 Å². The number of hydrogen-bond donors (Lipinski definition) is 0. The van der Waals surface area contributed by atoms with Gasteiger partial charge in [-0.1, -0.05) is 121 Å². The Morgan fingerprint density at radius 2 is 0.978 bits per heavy atom. The van der Waals surface area contributed by atoms with Crippen molar-refractivity contribution in [1.29, 1.82) is 0 Å². The van der Waals surface area contributed by atoms with E-state index >= 15 is 0 Å². The van der Waals surface area contributed by atoms with E-state index in [0.717, 1.165) is 49.8 Å². The second kappa shape index (κ2) is 10.7. The van der Waals surface area contributed by atoms with Crippen molar-refractivity contribution in [3.05, 3.63) is 158 Å². The topological polar surface area (TPSA) is 51.6 Å². The Morgan fingerprint density at radius 1 is 0.370 bits per heavy atom. The number of aromatic nitrogens is 4. The zero-order valence-electron chi connectivity index (χ0n) is 24.8. The molecule has 0 atom stereocenters. The zero-order chi connectivity index (χ0) is 30.5. The number of nitrogens with zero attached hydrogens (tertiary/aromatic N) is 4. The third kappa shape index (κ3) is 4.47. The second-order valence-electron chi connectivity index (χ2n) is 11.5. The van der Waals surface area contributed by atoms with E-state index in [1.807, 2.05) is 24.7 Å². The lowest BCUT2D eigenvalue weighted by atomic mass is 9.93. The fourth-order valence-corrected chi connectivity index (χ4v) is 6.44. The summed E-state index contributed by atoms with van der Waals surface area (Å²) in [5.41, 5.74) is 9.23. The van der Waals surface area contributed by atoms with Crippen molar-refractivity contribution in [1.82, 2.24) is 19.9 Å². The molecule has 46 heavy (non-hydrogen) atoms. The van der Waals surface area contributed by atoms with Gasteiger partial charge in [-0.05, 0) is 56.4 Å². The van der Waals surface area contributed by atoms with Crippen LogP contribution in [0.5, 0.6) is 0 Å². The van der Waals surface area contributed by atoms with Crippen LogP contribution in [-0.4, -0.2) is 19.9 Å². The highest BCUT2D eigenvalue weighted by atomic mass is 14.9. The molecule has 0 aliphatic carbocycles. The first-order valence-electron chi connectivity index (χ1n) is 15.4. The van der Waals surface area contributed by atoms with Gasteiger partial charge in [0.05, 0.1) is 16.7 Å². The van der Waals surface area contributed by atoms with Crippen molar-refractivity contribution in [3.8, 4) is 44.9 Å². The normalized spacial score (nSPS) is 11.5. The molecule has 0 spiro atoms. The summed E-state index contributed by atoms with van der Waals surface area (Å²) >= 11 is 0. The first-order valence-corrected chi connectivity index (χ1v) is 15.4. The summed E-state index contributed by atoms with van der Waals surface area (Å²) < 4.78 is 0. The molecule has 0 aliphatic rings. The van der Waals surface area contributed by atoms with Crippen LogP contribution in [0, 0.1) is 0 Å². The minimum Gasteiger partial charge on any atom is -0.254 e. The molecule has 3 heterocycles. The van der Waals surface area contributed by atoms with Crippen LogP contribution >= 0.6 is 0 Å². The van der Waals surface area contributed by atoms with Gasteiger partial charge < -0.3 is 0 Å². The van der Waals surface area contributed by atoms with Crippen molar-refractivity contribution in [2.24, 2.45) is 0 Å². The summed E-state index contributed by atoms with van der Waals surface area (Å²) in [6.45, 7) is 0. The lowest BCUT2D eigenvalue weighted by Gasteiger charge is -2.11. The third-order valence-corrected chi connectivity index (χ3v) is 8.82. The molecular weight excluding hydrogens is 560 g/mol. The molecule has 214 valence electrons. The molecule has 0 N–H and O–H groups in total. The van der Waals surface area contributed by atoms with Gasteiger partial charge in [0.15, 0.2) is 5.82 Å². The molecule has 4 nitrogen and oxygen atoms in total. The molecule has 0 radical (unpaired) electrons. The predicted molar refractivity (Wildman–Crippen MR) is 189 cm³/mol. The molecule has 9 rings (SSSR count). The van der Waals surface area contributed by atoms with Gasteiger partial charge >= 0.3 is 0 Å². The minimum atomic E-state index is 0.705. The summed E-state index contributed by atoms with van der Waals surface area (Å²) in [6, 6.07) is 48.9. The maximum atomic E-state index is 4.99. The highest BCUT2D eigenvalue weighted by Gasteiger charge is 2.11. The van der Waals surface area contributed by atoms with Gasteiger partial charge in [-0.15, -0.1) is 0 Å². The van der Waals surface area contributed by atoms with Crippen LogP contribution in [0.25, 0.3) is 88.2 Å². The van der Waals surface area contributed by atoms with Gasteiger partial charge in [-0.25, -0.2) is 15.0 Å². The number of pyridine rings is 2. The Morgan fingerprint density at radius 3 is 1.78 bits per heavy atom. The monoisotopic (exact) mass is 586 g/mol. The average Bonchev–Trinajstić information content (AvgIpc) is 3.14. The van der Waals surface area contributed by atoms with Crippen LogP contribution in [-0.2, 0) is 0 Å². The lowest BCUT2D eigenvalue weighted by Crippen LogP contribution is -1.91. The lowest BCUT2D eigenvalue weighted by molar-refractivity contribution is 1.18. The molecule has 6 aromatic carbocycles. The Labute approximate surface area is 265 Å². The Kier molecular flexibility index (Phi) is 6.10. The van der Waals surface area contributed by atoms with E-state index in [2.05, 4.69) is 138 Å². The SMILES string of the molecule is c1ccc2c(c1)cc(-c1ccc(-c3ncc(-c4ccc(-c5ccc6ccc7cccnc7c6n5)cc4)cn3)cc1)c1ccccc12. The summed E-state index contributed by atoms with van der Waals surface area (Å²) in [6.07, 6.45) is 5.61. The van der Waals surface area contributed by atoms with Crippen LogP contribution < -0.4 is 0 Å². The van der Waals surface area contributed by atoms with E-state index in [-0.39, 0.29) is 0 Å². The van der Waals surface area contributed by atoms with E-state index in [0.29, 0.717) is 5.82 Å². The van der Waals surface area contributed by atoms with E-state index in [4.69, 9.17) is 15.0 Å². The number of benzene rings is 6. The summed E-state index contributed by atoms with van der Waals surface area (Å²) in [7, 11) is 0. The van der Waals surface area contributed by atoms with E-state index in [1.54, 1.807) is 0 Å². The van der Waals surface area contributed by atoms with Crippen molar-refractivity contribution in [3.63, 3.8) is 0 Å². The molecule has 0 fully saturated rings. The smallest absolute Gasteiger partial charge is 0.159 e. The van der Waals surface area contributed by atoms with Crippen molar-refractivity contribution >= 4 is 43.4 Å². The first kappa shape index (κ1) is 26.2. The van der Waals surface area contributed by atoms with Crippen LogP contribution in [0.15, 0.2) is 158 Å². The maximum absolute atomic E-state index is 4.99. The van der Waals surface area contributed by atoms with Gasteiger partial charge in [0, 0.05) is 46.1 Å². The molecule has 0 aliphatic heterocycles. The van der Waals surface area contributed by atoms with Crippen molar-refractivity contribution in [2.45, 2.75) is 0 Å². The molecule has 0 saturated heterocycles.